The Labute approximate surface area is 153 Å². The summed E-state index contributed by atoms with van der Waals surface area (Å²) in [5, 5.41) is 5.15. The van der Waals surface area contributed by atoms with E-state index in [0.717, 1.165) is 5.56 Å². The van der Waals surface area contributed by atoms with Crippen LogP contribution in [-0.2, 0) is 23.1 Å². The third-order valence-electron chi connectivity index (χ3n) is 5.01. The van der Waals surface area contributed by atoms with Crippen LogP contribution < -0.4 is 9.88 Å². The number of fused-ring (bicyclic) bond motifs is 2. The van der Waals surface area contributed by atoms with Gasteiger partial charge in [-0.25, -0.2) is 0 Å². The highest BCUT2D eigenvalue weighted by Crippen LogP contribution is 2.24. The number of carbonyl (C=O) groups is 2. The van der Waals surface area contributed by atoms with Crippen LogP contribution in [0.1, 0.15) is 30.9 Å². The van der Waals surface area contributed by atoms with E-state index in [2.05, 4.69) is 66.3 Å². The first-order chi connectivity index (χ1) is 12.5. The molecule has 0 unspecified atom stereocenters. The number of pyridine rings is 1. The Morgan fingerprint density at radius 1 is 1.04 bits per heavy atom. The molecule has 0 aliphatic heterocycles. The quantitative estimate of drug-likeness (QED) is 0.549. The number of benzene rings is 2. The fourth-order valence-corrected chi connectivity index (χ4v) is 3.36. The van der Waals surface area contributed by atoms with E-state index < -0.39 is 0 Å². The molecule has 0 spiro atoms. The second-order valence-electron chi connectivity index (χ2n) is 6.72. The van der Waals surface area contributed by atoms with Crippen LogP contribution in [0.15, 0.2) is 42.5 Å². The van der Waals surface area contributed by atoms with Gasteiger partial charge >= 0.3 is 0 Å². The molecule has 0 fully saturated rings. The summed E-state index contributed by atoms with van der Waals surface area (Å²) in [6.45, 7) is 4.08. The Morgan fingerprint density at radius 2 is 1.77 bits per heavy atom. The highest BCUT2D eigenvalue weighted by molar-refractivity contribution is 5.94. The number of para-hydroxylation sites is 1. The van der Waals surface area contributed by atoms with Crippen LogP contribution in [0.4, 0.5) is 0 Å². The molecule has 1 amide bonds. The van der Waals surface area contributed by atoms with Crippen LogP contribution in [0.2, 0.25) is 0 Å². The van der Waals surface area contributed by atoms with Crippen molar-refractivity contribution in [1.29, 1.82) is 0 Å². The zero-order valence-corrected chi connectivity index (χ0v) is 15.6. The van der Waals surface area contributed by atoms with Crippen LogP contribution in [-0.4, -0.2) is 18.2 Å². The van der Waals surface area contributed by atoms with Crippen LogP contribution in [0.5, 0.6) is 0 Å². The second kappa shape index (κ2) is 7.65. The molecular formula is C22H25N2O2+. The van der Waals surface area contributed by atoms with Crippen LogP contribution >= 0.6 is 0 Å². The normalized spacial score (nSPS) is 11.0. The molecule has 3 rings (SSSR count). The molecule has 4 nitrogen and oxygen atoms in total. The Morgan fingerprint density at radius 3 is 2.54 bits per heavy atom. The van der Waals surface area contributed by atoms with Crippen molar-refractivity contribution >= 4 is 33.5 Å². The van der Waals surface area contributed by atoms with E-state index in [1.165, 1.54) is 27.4 Å². The standard InChI is InChI=1S/C22H24N2O2/c1-4-17(25)14-23-22(26)12-10-16-9-11-21-19(13-16)15(2)18-7-5-6-8-20(18)24(21)3/h5-9,11,13H,4,10,12,14H2,1-3H3/p+1. The minimum Gasteiger partial charge on any atom is -0.349 e. The molecule has 1 aromatic heterocycles. The molecule has 0 saturated carbocycles. The van der Waals surface area contributed by atoms with Gasteiger partial charge in [0, 0.05) is 30.4 Å². The van der Waals surface area contributed by atoms with E-state index in [4.69, 9.17) is 0 Å². The van der Waals surface area contributed by atoms with Crippen molar-refractivity contribution < 1.29 is 14.2 Å². The maximum absolute atomic E-state index is 11.9. The van der Waals surface area contributed by atoms with Gasteiger partial charge in [-0.05, 0) is 36.6 Å². The van der Waals surface area contributed by atoms with Gasteiger partial charge in [0.2, 0.25) is 16.9 Å². The van der Waals surface area contributed by atoms with Crippen molar-refractivity contribution in [3.8, 4) is 0 Å². The van der Waals surface area contributed by atoms with Gasteiger partial charge in [-0.3, -0.25) is 9.59 Å². The largest absolute Gasteiger partial charge is 0.349 e. The van der Waals surface area contributed by atoms with Crippen LogP contribution in [0, 0.1) is 6.92 Å². The molecule has 0 bridgehead atoms. The number of amides is 1. The van der Waals surface area contributed by atoms with E-state index in [0.29, 0.717) is 19.3 Å². The minimum absolute atomic E-state index is 0.0547. The summed E-state index contributed by atoms with van der Waals surface area (Å²) in [6.07, 6.45) is 1.51. The average molecular weight is 349 g/mol. The van der Waals surface area contributed by atoms with E-state index in [9.17, 15) is 9.59 Å². The molecule has 134 valence electrons. The molecule has 0 radical (unpaired) electrons. The monoisotopic (exact) mass is 349 g/mol. The molecule has 0 saturated heterocycles. The molecule has 1 N–H and O–H groups in total. The summed E-state index contributed by atoms with van der Waals surface area (Å²) in [7, 11) is 2.09. The fourth-order valence-electron chi connectivity index (χ4n) is 3.36. The van der Waals surface area contributed by atoms with Crippen molar-refractivity contribution in [1.82, 2.24) is 5.32 Å². The molecule has 0 aliphatic carbocycles. The van der Waals surface area contributed by atoms with Gasteiger partial charge in [-0.15, -0.1) is 0 Å². The van der Waals surface area contributed by atoms with Crippen molar-refractivity contribution in [3.05, 3.63) is 53.6 Å². The van der Waals surface area contributed by atoms with Crippen molar-refractivity contribution in [3.63, 3.8) is 0 Å². The molecule has 26 heavy (non-hydrogen) atoms. The van der Waals surface area contributed by atoms with Gasteiger partial charge in [0.15, 0.2) is 5.78 Å². The Balaban J connectivity index is 1.83. The lowest BCUT2D eigenvalue weighted by molar-refractivity contribution is -0.617. The first-order valence-electron chi connectivity index (χ1n) is 9.09. The number of ketones is 1. The number of Topliss-reactive ketones (excluding diaryl/α,β-unsaturated/α-hetero) is 1. The summed E-state index contributed by atoms with van der Waals surface area (Å²) >= 11 is 0. The van der Waals surface area contributed by atoms with Gasteiger partial charge < -0.3 is 5.32 Å². The third-order valence-corrected chi connectivity index (χ3v) is 5.01. The van der Waals surface area contributed by atoms with Crippen molar-refractivity contribution in [2.75, 3.05) is 6.54 Å². The lowest BCUT2D eigenvalue weighted by atomic mass is 10.00. The van der Waals surface area contributed by atoms with Crippen LogP contribution in [0.25, 0.3) is 21.8 Å². The SMILES string of the molecule is CCC(=O)CNC(=O)CCc1ccc2c(c1)c(C)c1ccccc1[n+]2C. The molecule has 1 heterocycles. The van der Waals surface area contributed by atoms with Gasteiger partial charge in [-0.1, -0.05) is 25.1 Å². The number of carbonyl (C=O) groups excluding carboxylic acids is 2. The van der Waals surface area contributed by atoms with Crippen molar-refractivity contribution in [2.45, 2.75) is 33.1 Å². The van der Waals surface area contributed by atoms with Gasteiger partial charge in [0.1, 0.15) is 7.05 Å². The minimum atomic E-state index is -0.0762. The molecule has 0 atom stereocenters. The van der Waals surface area contributed by atoms with E-state index in [1.807, 2.05) is 0 Å². The smallest absolute Gasteiger partial charge is 0.220 e. The maximum Gasteiger partial charge on any atom is 0.220 e. The fraction of sp³-hybridized carbons (Fsp3) is 0.318. The second-order valence-corrected chi connectivity index (χ2v) is 6.72. The molecule has 4 heteroatoms. The average Bonchev–Trinajstić information content (AvgIpc) is 2.68. The predicted octanol–water partition coefficient (Wildman–Crippen LogP) is 3.15. The van der Waals surface area contributed by atoms with Gasteiger partial charge in [0.25, 0.3) is 0 Å². The number of aryl methyl sites for hydroxylation is 3. The zero-order valence-electron chi connectivity index (χ0n) is 15.6. The lowest BCUT2D eigenvalue weighted by Gasteiger charge is -2.09. The highest BCUT2D eigenvalue weighted by atomic mass is 16.2. The number of hydrogen-bond acceptors (Lipinski definition) is 2. The molecular weight excluding hydrogens is 324 g/mol. The third kappa shape index (κ3) is 3.59. The first kappa shape index (κ1) is 18.1. The van der Waals surface area contributed by atoms with E-state index >= 15 is 0 Å². The maximum atomic E-state index is 11.9. The number of nitrogens with zero attached hydrogens (tertiary/aromatic N) is 1. The van der Waals surface area contributed by atoms with E-state index in [1.54, 1.807) is 6.92 Å². The summed E-state index contributed by atoms with van der Waals surface area (Å²) in [6, 6.07) is 14.8. The summed E-state index contributed by atoms with van der Waals surface area (Å²) in [4.78, 5) is 23.2. The van der Waals surface area contributed by atoms with Crippen LogP contribution in [0.3, 0.4) is 0 Å². The number of hydrogen-bond donors (Lipinski definition) is 1. The van der Waals surface area contributed by atoms with Gasteiger partial charge in [-0.2, -0.15) is 4.57 Å². The summed E-state index contributed by atoms with van der Waals surface area (Å²) in [5.74, 6) is -0.0215. The van der Waals surface area contributed by atoms with Gasteiger partial charge in [0.05, 0.1) is 11.9 Å². The molecule has 0 aliphatic rings. The molecule has 3 aromatic rings. The highest BCUT2D eigenvalue weighted by Gasteiger charge is 2.15. The summed E-state index contributed by atoms with van der Waals surface area (Å²) < 4.78 is 2.21. The van der Waals surface area contributed by atoms with Crippen molar-refractivity contribution in [2.24, 2.45) is 7.05 Å². The molecule has 2 aromatic carbocycles. The Hall–Kier alpha value is -2.75. The zero-order chi connectivity index (χ0) is 18.7. The predicted molar refractivity (Wildman–Crippen MR) is 104 cm³/mol. The Bertz CT molecular complexity index is 992. The number of nitrogens with one attached hydrogen (secondary N) is 1. The Kier molecular flexibility index (Phi) is 5.31. The summed E-state index contributed by atoms with van der Waals surface area (Å²) in [5.41, 5.74) is 4.79. The lowest BCUT2D eigenvalue weighted by Crippen LogP contribution is -2.30. The van der Waals surface area contributed by atoms with E-state index in [-0.39, 0.29) is 18.2 Å². The number of rotatable bonds is 6. The topological polar surface area (TPSA) is 50.1 Å². The number of aromatic nitrogens is 1. The first-order valence-corrected chi connectivity index (χ1v) is 9.09.